The Morgan fingerprint density at radius 1 is 1.24 bits per heavy atom. The van der Waals surface area contributed by atoms with Gasteiger partial charge in [0, 0.05) is 45.8 Å². The standard InChI is InChI=1S/C21H34N4O3.HI/c1-2-22-21(23-12-7-14-27-17-19-10-6-15-28-19)24-13-11-20(26)25-16-18-8-4-3-5-9-18;/h3-5,8-9,19H,2,6-7,10-17H2,1H3,(H,25,26)(H2,22,23,24);1H. The van der Waals surface area contributed by atoms with Crippen molar-refractivity contribution in [3.63, 3.8) is 0 Å². The molecule has 1 aliphatic heterocycles. The molecule has 1 atom stereocenters. The van der Waals surface area contributed by atoms with Crippen LogP contribution in [-0.2, 0) is 20.8 Å². The zero-order chi connectivity index (χ0) is 19.9. The average molecular weight is 518 g/mol. The monoisotopic (exact) mass is 518 g/mol. The van der Waals surface area contributed by atoms with Gasteiger partial charge in [-0.3, -0.25) is 9.79 Å². The van der Waals surface area contributed by atoms with Crippen molar-refractivity contribution in [1.82, 2.24) is 16.0 Å². The Labute approximate surface area is 191 Å². The minimum Gasteiger partial charge on any atom is -0.379 e. The van der Waals surface area contributed by atoms with Crippen LogP contribution in [-0.4, -0.2) is 57.4 Å². The molecule has 1 fully saturated rings. The van der Waals surface area contributed by atoms with Crippen molar-refractivity contribution in [2.24, 2.45) is 4.99 Å². The molecule has 1 aromatic carbocycles. The van der Waals surface area contributed by atoms with E-state index >= 15 is 0 Å². The van der Waals surface area contributed by atoms with Crippen molar-refractivity contribution < 1.29 is 14.3 Å². The number of benzene rings is 1. The summed E-state index contributed by atoms with van der Waals surface area (Å²) >= 11 is 0. The van der Waals surface area contributed by atoms with Gasteiger partial charge in [0.1, 0.15) is 0 Å². The van der Waals surface area contributed by atoms with Gasteiger partial charge in [0.15, 0.2) is 5.96 Å². The second kappa shape index (κ2) is 16.4. The third-order valence-electron chi connectivity index (χ3n) is 4.37. The molecule has 3 N–H and O–H groups in total. The Hall–Kier alpha value is -1.39. The summed E-state index contributed by atoms with van der Waals surface area (Å²) < 4.78 is 11.2. The Morgan fingerprint density at radius 3 is 2.79 bits per heavy atom. The maximum absolute atomic E-state index is 12.0. The lowest BCUT2D eigenvalue weighted by Gasteiger charge is -2.12. The molecule has 29 heavy (non-hydrogen) atoms. The fourth-order valence-corrected chi connectivity index (χ4v) is 2.87. The largest absolute Gasteiger partial charge is 0.379 e. The summed E-state index contributed by atoms with van der Waals surface area (Å²) in [6, 6.07) is 9.90. The van der Waals surface area contributed by atoms with E-state index in [9.17, 15) is 4.79 Å². The predicted molar refractivity (Wildman–Crippen MR) is 127 cm³/mol. The minimum atomic E-state index is 0. The van der Waals surface area contributed by atoms with Crippen LogP contribution in [0.5, 0.6) is 0 Å². The third-order valence-corrected chi connectivity index (χ3v) is 4.37. The first-order valence-electron chi connectivity index (χ1n) is 10.3. The summed E-state index contributed by atoms with van der Waals surface area (Å²) in [4.78, 5) is 16.5. The molecule has 164 valence electrons. The number of carbonyl (C=O) groups is 1. The molecule has 0 radical (unpaired) electrons. The van der Waals surface area contributed by atoms with E-state index in [-0.39, 0.29) is 36.0 Å². The lowest BCUT2D eigenvalue weighted by atomic mass is 10.2. The Kier molecular flexibility index (Phi) is 14.5. The van der Waals surface area contributed by atoms with Crippen molar-refractivity contribution in [2.75, 3.05) is 39.5 Å². The highest BCUT2D eigenvalue weighted by atomic mass is 127. The summed E-state index contributed by atoms with van der Waals surface area (Å²) in [5.41, 5.74) is 1.10. The van der Waals surface area contributed by atoms with Crippen LogP contribution < -0.4 is 16.0 Å². The maximum Gasteiger partial charge on any atom is 0.222 e. The van der Waals surface area contributed by atoms with Gasteiger partial charge >= 0.3 is 0 Å². The fourth-order valence-electron chi connectivity index (χ4n) is 2.87. The second-order valence-electron chi connectivity index (χ2n) is 6.76. The summed E-state index contributed by atoms with van der Waals surface area (Å²) in [5, 5.41) is 9.33. The number of hydrogen-bond donors (Lipinski definition) is 3. The SMILES string of the molecule is CCNC(=NCCCOCC1CCCO1)NCCC(=O)NCc1ccccc1.I. The molecule has 1 amide bonds. The normalized spacial score (nSPS) is 16.2. The molecule has 1 aliphatic rings. The maximum atomic E-state index is 12.0. The van der Waals surface area contributed by atoms with Crippen LogP contribution >= 0.6 is 24.0 Å². The molecule has 0 saturated carbocycles. The highest BCUT2D eigenvalue weighted by Crippen LogP contribution is 2.11. The van der Waals surface area contributed by atoms with Crippen LogP contribution in [0.25, 0.3) is 0 Å². The van der Waals surface area contributed by atoms with Crippen LogP contribution in [0.4, 0.5) is 0 Å². The van der Waals surface area contributed by atoms with Crippen LogP contribution in [0.2, 0.25) is 0 Å². The molecule has 7 nitrogen and oxygen atoms in total. The average Bonchev–Trinajstić information content (AvgIpc) is 3.23. The van der Waals surface area contributed by atoms with Crippen molar-refractivity contribution in [3.05, 3.63) is 35.9 Å². The highest BCUT2D eigenvalue weighted by molar-refractivity contribution is 14.0. The quantitative estimate of drug-likeness (QED) is 0.171. The molecule has 2 rings (SSSR count). The molecule has 1 unspecified atom stereocenters. The number of guanidine groups is 1. The lowest BCUT2D eigenvalue weighted by Crippen LogP contribution is -2.39. The topological polar surface area (TPSA) is 84.0 Å². The van der Waals surface area contributed by atoms with Crippen LogP contribution in [0.1, 0.15) is 38.2 Å². The van der Waals surface area contributed by atoms with Gasteiger partial charge in [0.05, 0.1) is 12.7 Å². The minimum absolute atomic E-state index is 0. The smallest absolute Gasteiger partial charge is 0.222 e. The van der Waals surface area contributed by atoms with E-state index in [4.69, 9.17) is 9.47 Å². The van der Waals surface area contributed by atoms with Crippen LogP contribution in [0.15, 0.2) is 35.3 Å². The molecule has 0 aliphatic carbocycles. The van der Waals surface area contributed by atoms with E-state index < -0.39 is 0 Å². The van der Waals surface area contributed by atoms with Crippen molar-refractivity contribution >= 4 is 35.8 Å². The predicted octanol–water partition coefficient (Wildman–Crippen LogP) is 2.45. The van der Waals surface area contributed by atoms with Gasteiger partial charge in [0.25, 0.3) is 0 Å². The van der Waals surface area contributed by atoms with Gasteiger partial charge in [-0.25, -0.2) is 0 Å². The van der Waals surface area contributed by atoms with Crippen molar-refractivity contribution in [2.45, 2.75) is 45.3 Å². The fraction of sp³-hybridized carbons (Fsp3) is 0.619. The molecule has 1 aromatic rings. The first kappa shape index (κ1) is 25.6. The van der Waals surface area contributed by atoms with Gasteiger partial charge in [-0.1, -0.05) is 30.3 Å². The van der Waals surface area contributed by atoms with E-state index in [0.29, 0.717) is 39.3 Å². The molecular weight excluding hydrogens is 483 g/mol. The zero-order valence-corrected chi connectivity index (χ0v) is 19.7. The number of aliphatic imine (C=N–C) groups is 1. The lowest BCUT2D eigenvalue weighted by molar-refractivity contribution is -0.121. The van der Waals surface area contributed by atoms with Gasteiger partial charge in [-0.05, 0) is 31.7 Å². The number of ether oxygens (including phenoxy) is 2. The highest BCUT2D eigenvalue weighted by Gasteiger charge is 2.14. The molecule has 8 heteroatoms. The number of amides is 1. The van der Waals surface area contributed by atoms with Gasteiger partial charge in [-0.15, -0.1) is 24.0 Å². The summed E-state index contributed by atoms with van der Waals surface area (Å²) in [6.45, 7) is 6.81. The molecule has 1 heterocycles. The zero-order valence-electron chi connectivity index (χ0n) is 17.3. The van der Waals surface area contributed by atoms with E-state index in [2.05, 4.69) is 20.9 Å². The van der Waals surface area contributed by atoms with E-state index in [1.54, 1.807) is 0 Å². The summed E-state index contributed by atoms with van der Waals surface area (Å²) in [5.74, 6) is 0.757. The number of carbonyl (C=O) groups excluding carboxylic acids is 1. The molecule has 1 saturated heterocycles. The van der Waals surface area contributed by atoms with Crippen LogP contribution in [0.3, 0.4) is 0 Å². The first-order valence-corrected chi connectivity index (χ1v) is 10.3. The number of nitrogens with one attached hydrogen (secondary N) is 3. The molecular formula is C21H35IN4O3. The van der Waals surface area contributed by atoms with Gasteiger partial charge < -0.3 is 25.4 Å². The Morgan fingerprint density at radius 2 is 2.07 bits per heavy atom. The Bertz CT molecular complexity index is 581. The molecule has 0 aromatic heterocycles. The second-order valence-corrected chi connectivity index (χ2v) is 6.76. The number of hydrogen-bond acceptors (Lipinski definition) is 4. The number of nitrogens with zero attached hydrogens (tertiary/aromatic N) is 1. The number of rotatable bonds is 12. The van der Waals surface area contributed by atoms with Crippen molar-refractivity contribution in [3.8, 4) is 0 Å². The van der Waals surface area contributed by atoms with Gasteiger partial charge in [0.2, 0.25) is 5.91 Å². The first-order chi connectivity index (χ1) is 13.8. The Balaban J connectivity index is 0.00000420. The van der Waals surface area contributed by atoms with Crippen molar-refractivity contribution in [1.29, 1.82) is 0 Å². The van der Waals surface area contributed by atoms with E-state index in [0.717, 1.165) is 43.9 Å². The van der Waals surface area contributed by atoms with Gasteiger partial charge in [-0.2, -0.15) is 0 Å². The van der Waals surface area contributed by atoms with Crippen LogP contribution in [0, 0.1) is 0 Å². The molecule has 0 bridgehead atoms. The summed E-state index contributed by atoms with van der Waals surface area (Å²) in [7, 11) is 0. The third kappa shape index (κ3) is 12.0. The molecule has 0 spiro atoms. The van der Waals surface area contributed by atoms with E-state index in [1.807, 2.05) is 37.3 Å². The summed E-state index contributed by atoms with van der Waals surface area (Å²) in [6.07, 6.45) is 3.78. The number of halogens is 1. The van der Waals surface area contributed by atoms with E-state index in [1.165, 1.54) is 0 Å².